The third-order valence-corrected chi connectivity index (χ3v) is 2.74. The molecule has 0 fully saturated rings. The number of carbonyl (C=O) groups is 1. The van der Waals surface area contributed by atoms with Gasteiger partial charge >= 0.3 is 5.97 Å². The van der Waals surface area contributed by atoms with Crippen LogP contribution in [-0.4, -0.2) is 12.6 Å². The number of hydrogen-bond donors (Lipinski definition) is 0. The normalized spacial score (nSPS) is 10.8. The molecule has 0 saturated carbocycles. The predicted octanol–water partition coefficient (Wildman–Crippen LogP) is 4.00. The summed E-state index contributed by atoms with van der Waals surface area (Å²) in [5.74, 6) is -0.245. The molecule has 0 unspecified atom stereocenters. The van der Waals surface area contributed by atoms with E-state index in [-0.39, 0.29) is 5.97 Å². The molecule has 0 aliphatic rings. The summed E-state index contributed by atoms with van der Waals surface area (Å²) < 4.78 is 4.83. The average molecular weight is 246 g/mol. The minimum Gasteiger partial charge on any atom is -0.462 e. The molecule has 2 nitrogen and oxygen atoms in total. The molecule has 0 radical (unpaired) electrons. The lowest BCUT2D eigenvalue weighted by molar-refractivity contribution is -0.139. The maximum atomic E-state index is 10.6. The fraction of sp³-hybridized carbons (Fsp3) is 0.438. The third kappa shape index (κ3) is 6.24. The summed E-state index contributed by atoms with van der Waals surface area (Å²) in [6, 6.07) is 8.54. The van der Waals surface area contributed by atoms with Crippen LogP contribution >= 0.6 is 0 Å². The van der Waals surface area contributed by atoms with E-state index >= 15 is 0 Å². The molecule has 0 amide bonds. The second-order valence-electron chi connectivity index (χ2n) is 4.40. The first-order valence-corrected chi connectivity index (χ1v) is 6.61. The van der Waals surface area contributed by atoms with Crippen LogP contribution in [0.15, 0.2) is 30.3 Å². The molecule has 1 rings (SSSR count). The first-order chi connectivity index (χ1) is 8.72. The Labute approximate surface area is 110 Å². The molecule has 0 atom stereocenters. The van der Waals surface area contributed by atoms with Gasteiger partial charge in [-0.05, 0) is 30.0 Å². The molecular weight excluding hydrogens is 224 g/mol. The highest BCUT2D eigenvalue weighted by Crippen LogP contribution is 2.10. The Bertz CT molecular complexity index is 377. The van der Waals surface area contributed by atoms with Gasteiger partial charge in [-0.25, -0.2) is 0 Å². The predicted molar refractivity (Wildman–Crippen MR) is 75.3 cm³/mol. The Kier molecular flexibility index (Phi) is 6.85. The van der Waals surface area contributed by atoms with Crippen LogP contribution in [0.5, 0.6) is 0 Å². The van der Waals surface area contributed by atoms with E-state index in [2.05, 4.69) is 31.2 Å². The standard InChI is InChI=1S/C16H22O2/c1-3-4-5-7-15-9-11-16(12-10-15)8-6-13-18-14(2)17/h6,8-12H,3-5,7,13H2,1-2H3. The summed E-state index contributed by atoms with van der Waals surface area (Å²) in [6.07, 6.45) is 8.80. The highest BCUT2D eigenvalue weighted by molar-refractivity contribution is 5.66. The maximum absolute atomic E-state index is 10.6. The van der Waals surface area contributed by atoms with Gasteiger partial charge in [0.15, 0.2) is 0 Å². The molecule has 0 saturated heterocycles. The third-order valence-electron chi connectivity index (χ3n) is 2.74. The van der Waals surface area contributed by atoms with Crippen LogP contribution in [-0.2, 0) is 16.0 Å². The van der Waals surface area contributed by atoms with E-state index in [1.165, 1.54) is 31.7 Å². The van der Waals surface area contributed by atoms with Gasteiger partial charge in [-0.3, -0.25) is 4.79 Å². The summed E-state index contributed by atoms with van der Waals surface area (Å²) in [5, 5.41) is 0. The molecule has 0 heterocycles. The van der Waals surface area contributed by atoms with Crippen LogP contribution in [0.3, 0.4) is 0 Å². The minimum atomic E-state index is -0.245. The Hall–Kier alpha value is -1.57. The highest BCUT2D eigenvalue weighted by Gasteiger charge is 1.93. The average Bonchev–Trinajstić information content (AvgIpc) is 2.36. The molecule has 1 aromatic rings. The molecular formula is C16H22O2. The number of ether oxygens (including phenoxy) is 1. The quantitative estimate of drug-likeness (QED) is 0.537. The van der Waals surface area contributed by atoms with Crippen LogP contribution in [0, 0.1) is 0 Å². The summed E-state index contributed by atoms with van der Waals surface area (Å²) in [4.78, 5) is 10.6. The first kappa shape index (κ1) is 14.5. The van der Waals surface area contributed by atoms with Crippen LogP contribution < -0.4 is 0 Å². The van der Waals surface area contributed by atoms with E-state index < -0.39 is 0 Å². The van der Waals surface area contributed by atoms with Crippen molar-refractivity contribution in [2.75, 3.05) is 6.61 Å². The molecule has 98 valence electrons. The van der Waals surface area contributed by atoms with Crippen molar-refractivity contribution in [1.82, 2.24) is 0 Å². The van der Waals surface area contributed by atoms with E-state index in [1.807, 2.05) is 12.2 Å². The van der Waals surface area contributed by atoms with E-state index in [9.17, 15) is 4.79 Å². The van der Waals surface area contributed by atoms with Crippen molar-refractivity contribution < 1.29 is 9.53 Å². The lowest BCUT2D eigenvalue weighted by Crippen LogP contribution is -1.97. The highest BCUT2D eigenvalue weighted by atomic mass is 16.5. The fourth-order valence-corrected chi connectivity index (χ4v) is 1.72. The second-order valence-corrected chi connectivity index (χ2v) is 4.40. The van der Waals surface area contributed by atoms with Crippen molar-refractivity contribution in [2.45, 2.75) is 39.5 Å². The van der Waals surface area contributed by atoms with Gasteiger partial charge in [0.2, 0.25) is 0 Å². The SMILES string of the molecule is CCCCCc1ccc(C=CCOC(C)=O)cc1. The Morgan fingerprint density at radius 1 is 1.22 bits per heavy atom. The molecule has 0 aliphatic carbocycles. The first-order valence-electron chi connectivity index (χ1n) is 6.61. The van der Waals surface area contributed by atoms with E-state index in [4.69, 9.17) is 4.74 Å². The Morgan fingerprint density at radius 3 is 2.56 bits per heavy atom. The minimum absolute atomic E-state index is 0.245. The number of rotatable bonds is 7. The number of esters is 1. The van der Waals surface area contributed by atoms with Crippen LogP contribution in [0.25, 0.3) is 6.08 Å². The van der Waals surface area contributed by atoms with Crippen molar-refractivity contribution >= 4 is 12.0 Å². The van der Waals surface area contributed by atoms with E-state index in [1.54, 1.807) is 0 Å². The summed E-state index contributed by atoms with van der Waals surface area (Å²) in [6.45, 7) is 3.98. The zero-order valence-corrected chi connectivity index (χ0v) is 11.3. The smallest absolute Gasteiger partial charge is 0.302 e. The summed E-state index contributed by atoms with van der Waals surface area (Å²) in [5.41, 5.74) is 2.53. The molecule has 0 aromatic heterocycles. The largest absolute Gasteiger partial charge is 0.462 e. The number of hydrogen-bond acceptors (Lipinski definition) is 2. The van der Waals surface area contributed by atoms with Gasteiger partial charge in [0.1, 0.15) is 6.61 Å². The molecule has 0 bridgehead atoms. The fourth-order valence-electron chi connectivity index (χ4n) is 1.72. The molecule has 2 heteroatoms. The van der Waals surface area contributed by atoms with Gasteiger partial charge in [0, 0.05) is 6.92 Å². The lowest BCUT2D eigenvalue weighted by atomic mass is 10.1. The summed E-state index contributed by atoms with van der Waals surface area (Å²) in [7, 11) is 0. The topological polar surface area (TPSA) is 26.3 Å². The zero-order chi connectivity index (χ0) is 13.2. The molecule has 0 aliphatic heterocycles. The number of unbranched alkanes of at least 4 members (excludes halogenated alkanes) is 2. The van der Waals surface area contributed by atoms with Gasteiger partial charge < -0.3 is 4.74 Å². The van der Waals surface area contributed by atoms with Gasteiger partial charge in [-0.1, -0.05) is 50.1 Å². The molecule has 18 heavy (non-hydrogen) atoms. The van der Waals surface area contributed by atoms with Crippen molar-refractivity contribution in [3.63, 3.8) is 0 Å². The summed E-state index contributed by atoms with van der Waals surface area (Å²) >= 11 is 0. The van der Waals surface area contributed by atoms with Gasteiger partial charge in [0.05, 0.1) is 0 Å². The maximum Gasteiger partial charge on any atom is 0.302 e. The number of aryl methyl sites for hydroxylation is 1. The molecule has 0 spiro atoms. The monoisotopic (exact) mass is 246 g/mol. The second kappa shape index (κ2) is 8.51. The Balaban J connectivity index is 2.37. The molecule has 1 aromatic carbocycles. The Morgan fingerprint density at radius 2 is 1.94 bits per heavy atom. The molecule has 0 N–H and O–H groups in total. The van der Waals surface area contributed by atoms with Crippen LogP contribution in [0.4, 0.5) is 0 Å². The zero-order valence-electron chi connectivity index (χ0n) is 11.3. The number of carbonyl (C=O) groups excluding carboxylic acids is 1. The van der Waals surface area contributed by atoms with Crippen molar-refractivity contribution in [2.24, 2.45) is 0 Å². The van der Waals surface area contributed by atoms with Crippen molar-refractivity contribution in [1.29, 1.82) is 0 Å². The van der Waals surface area contributed by atoms with Gasteiger partial charge in [0.25, 0.3) is 0 Å². The van der Waals surface area contributed by atoms with Gasteiger partial charge in [-0.2, -0.15) is 0 Å². The van der Waals surface area contributed by atoms with Crippen molar-refractivity contribution in [3.05, 3.63) is 41.5 Å². The number of benzene rings is 1. The van der Waals surface area contributed by atoms with Crippen LogP contribution in [0.2, 0.25) is 0 Å². The van der Waals surface area contributed by atoms with Crippen molar-refractivity contribution in [3.8, 4) is 0 Å². The van der Waals surface area contributed by atoms with E-state index in [0.29, 0.717) is 6.61 Å². The van der Waals surface area contributed by atoms with Crippen LogP contribution in [0.1, 0.15) is 44.2 Å². The lowest BCUT2D eigenvalue weighted by Gasteiger charge is -2.01. The van der Waals surface area contributed by atoms with E-state index in [0.717, 1.165) is 12.0 Å². The van der Waals surface area contributed by atoms with Gasteiger partial charge in [-0.15, -0.1) is 0 Å².